The van der Waals surface area contributed by atoms with Crippen LogP contribution in [0.5, 0.6) is 0 Å². The number of fused-ring (bicyclic) bond motifs is 1. The highest BCUT2D eigenvalue weighted by Gasteiger charge is 2.09. The Hall–Kier alpha value is -1.32. The van der Waals surface area contributed by atoms with Gasteiger partial charge in [-0.3, -0.25) is 0 Å². The molecular formula is C15H21NO2. The molecule has 0 amide bonds. The molecule has 0 saturated heterocycles. The van der Waals surface area contributed by atoms with Gasteiger partial charge in [-0.15, -0.1) is 0 Å². The van der Waals surface area contributed by atoms with E-state index in [0.717, 1.165) is 37.3 Å². The van der Waals surface area contributed by atoms with Gasteiger partial charge < -0.3 is 14.8 Å². The van der Waals surface area contributed by atoms with E-state index in [2.05, 4.69) is 11.4 Å². The second-order valence-corrected chi connectivity index (χ2v) is 4.66. The number of hydrogen-bond donors (Lipinski definition) is 2. The monoisotopic (exact) mass is 247 g/mol. The molecule has 1 atom stereocenters. The number of rotatable bonds is 6. The second-order valence-electron chi connectivity index (χ2n) is 4.66. The van der Waals surface area contributed by atoms with Crippen molar-refractivity contribution in [2.75, 3.05) is 6.54 Å². The molecule has 1 aromatic carbocycles. The zero-order valence-corrected chi connectivity index (χ0v) is 11.1. The van der Waals surface area contributed by atoms with E-state index in [1.165, 1.54) is 10.9 Å². The summed E-state index contributed by atoms with van der Waals surface area (Å²) in [5, 5.41) is 14.0. The van der Waals surface area contributed by atoms with Gasteiger partial charge in [0, 0.05) is 17.5 Å². The maximum atomic E-state index is 9.48. The molecule has 2 N–H and O–H groups in total. The molecule has 1 heterocycles. The van der Waals surface area contributed by atoms with E-state index in [-0.39, 0.29) is 6.10 Å². The first-order chi connectivity index (χ1) is 8.72. The number of aliphatic hydroxyl groups is 1. The predicted molar refractivity (Wildman–Crippen MR) is 73.6 cm³/mol. The lowest BCUT2D eigenvalue weighted by molar-refractivity contribution is 0.159. The van der Waals surface area contributed by atoms with Gasteiger partial charge in [-0.05, 0) is 32.4 Å². The molecular weight excluding hydrogens is 226 g/mol. The topological polar surface area (TPSA) is 45.4 Å². The third-order valence-corrected chi connectivity index (χ3v) is 3.33. The van der Waals surface area contributed by atoms with Gasteiger partial charge in [0.2, 0.25) is 0 Å². The van der Waals surface area contributed by atoms with Gasteiger partial charge in [-0.25, -0.2) is 0 Å². The highest BCUT2D eigenvalue weighted by molar-refractivity contribution is 5.82. The number of furan rings is 1. The molecule has 0 fully saturated rings. The normalized spacial score (nSPS) is 13.1. The van der Waals surface area contributed by atoms with Crippen LogP contribution in [0.1, 0.15) is 31.1 Å². The minimum absolute atomic E-state index is 0.195. The molecule has 0 aliphatic carbocycles. The summed E-state index contributed by atoms with van der Waals surface area (Å²) in [6.45, 7) is 5.61. The Balaban J connectivity index is 1.97. The summed E-state index contributed by atoms with van der Waals surface area (Å²) in [4.78, 5) is 0. The highest BCUT2D eigenvalue weighted by atomic mass is 16.3. The third-order valence-electron chi connectivity index (χ3n) is 3.33. The van der Waals surface area contributed by atoms with Crippen molar-refractivity contribution in [1.82, 2.24) is 5.32 Å². The maximum absolute atomic E-state index is 9.48. The van der Waals surface area contributed by atoms with Crippen LogP contribution in [0.15, 0.2) is 28.7 Å². The third kappa shape index (κ3) is 2.92. The molecule has 0 spiro atoms. The molecule has 0 aliphatic heterocycles. The van der Waals surface area contributed by atoms with Crippen molar-refractivity contribution in [3.05, 3.63) is 35.6 Å². The van der Waals surface area contributed by atoms with Gasteiger partial charge >= 0.3 is 0 Å². The first-order valence-corrected chi connectivity index (χ1v) is 6.58. The molecule has 0 saturated carbocycles. The second kappa shape index (κ2) is 6.03. The molecule has 1 unspecified atom stereocenters. The van der Waals surface area contributed by atoms with Gasteiger partial charge in [-0.1, -0.05) is 25.1 Å². The van der Waals surface area contributed by atoms with E-state index < -0.39 is 0 Å². The zero-order valence-electron chi connectivity index (χ0n) is 11.1. The number of hydrogen-bond acceptors (Lipinski definition) is 3. The van der Waals surface area contributed by atoms with Crippen LogP contribution in [-0.2, 0) is 6.54 Å². The number of para-hydroxylation sites is 1. The van der Waals surface area contributed by atoms with Gasteiger partial charge in [-0.2, -0.15) is 0 Å². The average Bonchev–Trinajstić information content (AvgIpc) is 2.70. The van der Waals surface area contributed by atoms with E-state index in [9.17, 15) is 5.11 Å². The Morgan fingerprint density at radius 2 is 2.11 bits per heavy atom. The smallest absolute Gasteiger partial charge is 0.134 e. The Morgan fingerprint density at radius 3 is 2.89 bits per heavy atom. The van der Waals surface area contributed by atoms with Gasteiger partial charge in [0.1, 0.15) is 11.3 Å². The SMILES string of the molecule is CCC(O)CCNCc1c(C)oc2ccccc12. The lowest BCUT2D eigenvalue weighted by Gasteiger charge is -2.08. The first kappa shape index (κ1) is 13.1. The lowest BCUT2D eigenvalue weighted by Crippen LogP contribution is -2.19. The van der Waals surface area contributed by atoms with Crippen LogP contribution in [0.3, 0.4) is 0 Å². The number of aliphatic hydroxyl groups excluding tert-OH is 1. The van der Waals surface area contributed by atoms with Crippen molar-refractivity contribution in [2.45, 2.75) is 39.3 Å². The fourth-order valence-electron chi connectivity index (χ4n) is 2.13. The van der Waals surface area contributed by atoms with Crippen LogP contribution in [0.2, 0.25) is 0 Å². The predicted octanol–water partition coefficient (Wildman–Crippen LogP) is 2.99. The van der Waals surface area contributed by atoms with Crippen LogP contribution in [-0.4, -0.2) is 17.8 Å². The van der Waals surface area contributed by atoms with E-state index in [4.69, 9.17) is 4.42 Å². The summed E-state index contributed by atoms with van der Waals surface area (Å²) in [6, 6.07) is 8.10. The molecule has 0 aliphatic rings. The van der Waals surface area contributed by atoms with Crippen LogP contribution in [0.25, 0.3) is 11.0 Å². The van der Waals surface area contributed by atoms with Gasteiger partial charge in [0.15, 0.2) is 0 Å². The average molecular weight is 247 g/mol. The van der Waals surface area contributed by atoms with E-state index in [1.54, 1.807) is 0 Å². The Bertz CT molecular complexity index is 504. The molecule has 1 aromatic heterocycles. The minimum Gasteiger partial charge on any atom is -0.461 e. The van der Waals surface area contributed by atoms with Crippen molar-refractivity contribution in [3.63, 3.8) is 0 Å². The molecule has 2 rings (SSSR count). The Kier molecular flexibility index (Phi) is 4.39. The summed E-state index contributed by atoms with van der Waals surface area (Å²) in [7, 11) is 0. The zero-order chi connectivity index (χ0) is 13.0. The molecule has 98 valence electrons. The lowest BCUT2D eigenvalue weighted by atomic mass is 10.1. The fourth-order valence-corrected chi connectivity index (χ4v) is 2.13. The summed E-state index contributed by atoms with van der Waals surface area (Å²) in [5.74, 6) is 0.972. The number of benzene rings is 1. The number of nitrogens with one attached hydrogen (secondary N) is 1. The Morgan fingerprint density at radius 1 is 1.33 bits per heavy atom. The largest absolute Gasteiger partial charge is 0.461 e. The molecule has 2 aromatic rings. The van der Waals surface area contributed by atoms with Crippen molar-refractivity contribution in [3.8, 4) is 0 Å². The van der Waals surface area contributed by atoms with Crippen LogP contribution in [0, 0.1) is 6.92 Å². The quantitative estimate of drug-likeness (QED) is 0.771. The molecule has 3 nitrogen and oxygen atoms in total. The van der Waals surface area contributed by atoms with E-state index in [0.29, 0.717) is 0 Å². The van der Waals surface area contributed by atoms with Crippen LogP contribution >= 0.6 is 0 Å². The van der Waals surface area contributed by atoms with E-state index >= 15 is 0 Å². The van der Waals surface area contributed by atoms with Gasteiger partial charge in [0.25, 0.3) is 0 Å². The minimum atomic E-state index is -0.195. The summed E-state index contributed by atoms with van der Waals surface area (Å²) < 4.78 is 5.71. The van der Waals surface area contributed by atoms with Crippen molar-refractivity contribution >= 4 is 11.0 Å². The number of aryl methyl sites for hydroxylation is 1. The summed E-state index contributed by atoms with van der Waals surface area (Å²) in [6.07, 6.45) is 1.42. The van der Waals surface area contributed by atoms with Crippen molar-refractivity contribution in [2.24, 2.45) is 0 Å². The van der Waals surface area contributed by atoms with Crippen LogP contribution < -0.4 is 5.32 Å². The van der Waals surface area contributed by atoms with Crippen LogP contribution in [0.4, 0.5) is 0 Å². The molecule has 0 radical (unpaired) electrons. The standard InChI is InChI=1S/C15H21NO2/c1-3-12(17)8-9-16-10-14-11(2)18-15-7-5-4-6-13(14)15/h4-7,12,16-17H,3,8-10H2,1-2H3. The van der Waals surface area contributed by atoms with Gasteiger partial charge in [0.05, 0.1) is 6.10 Å². The molecule has 3 heteroatoms. The summed E-state index contributed by atoms with van der Waals surface area (Å²) in [5.41, 5.74) is 2.16. The Labute approximate surface area is 108 Å². The maximum Gasteiger partial charge on any atom is 0.134 e. The fraction of sp³-hybridized carbons (Fsp3) is 0.467. The molecule has 18 heavy (non-hydrogen) atoms. The summed E-state index contributed by atoms with van der Waals surface area (Å²) >= 11 is 0. The van der Waals surface area contributed by atoms with Crippen molar-refractivity contribution < 1.29 is 9.52 Å². The van der Waals surface area contributed by atoms with Crippen molar-refractivity contribution in [1.29, 1.82) is 0 Å². The van der Waals surface area contributed by atoms with E-state index in [1.807, 2.05) is 32.0 Å². The first-order valence-electron chi connectivity index (χ1n) is 6.58. The highest BCUT2D eigenvalue weighted by Crippen LogP contribution is 2.24. The molecule has 0 bridgehead atoms.